The van der Waals surface area contributed by atoms with Crippen molar-refractivity contribution in [1.29, 1.82) is 0 Å². The molecule has 1 saturated heterocycles. The topological polar surface area (TPSA) is 42.0 Å². The van der Waals surface area contributed by atoms with E-state index in [2.05, 4.69) is 12.2 Å². The Hall–Kier alpha value is -2.00. The quantitative estimate of drug-likeness (QED) is 0.687. The van der Waals surface area contributed by atoms with E-state index in [0.29, 0.717) is 12.4 Å². The second-order valence-electron chi connectivity index (χ2n) is 5.33. The Labute approximate surface area is 117 Å². The summed E-state index contributed by atoms with van der Waals surface area (Å²) >= 11 is 0. The van der Waals surface area contributed by atoms with E-state index >= 15 is 0 Å². The predicted molar refractivity (Wildman–Crippen MR) is 77.4 cm³/mol. The maximum absolute atomic E-state index is 10.5. The van der Waals surface area contributed by atoms with Gasteiger partial charge in [-0.15, -0.1) is 0 Å². The third kappa shape index (κ3) is 1.86. The van der Waals surface area contributed by atoms with E-state index in [1.54, 1.807) is 0 Å². The number of allylic oxidation sites excluding steroid dienone is 2. The smallest absolute Gasteiger partial charge is 0.131 e. The summed E-state index contributed by atoms with van der Waals surface area (Å²) in [6.45, 7) is 1.38. The van der Waals surface area contributed by atoms with Crippen LogP contribution in [0.25, 0.3) is 10.8 Å². The number of hydrogen-bond acceptors (Lipinski definition) is 3. The highest BCUT2D eigenvalue weighted by atomic mass is 16.6. The summed E-state index contributed by atoms with van der Waals surface area (Å²) in [7, 11) is 0. The molecule has 0 amide bonds. The van der Waals surface area contributed by atoms with Gasteiger partial charge in [-0.25, -0.2) is 0 Å². The lowest BCUT2D eigenvalue weighted by Gasteiger charge is -2.20. The van der Waals surface area contributed by atoms with Crippen LogP contribution in [0.3, 0.4) is 0 Å². The number of ether oxygens (including phenoxy) is 2. The molecule has 1 fully saturated rings. The zero-order valence-corrected chi connectivity index (χ0v) is 11.1. The van der Waals surface area contributed by atoms with Gasteiger partial charge in [-0.05, 0) is 12.8 Å². The van der Waals surface area contributed by atoms with Gasteiger partial charge in [0.1, 0.15) is 24.2 Å². The van der Waals surface area contributed by atoms with Crippen molar-refractivity contribution in [2.24, 2.45) is 0 Å². The molecule has 1 unspecified atom stereocenters. The lowest BCUT2D eigenvalue weighted by atomic mass is 9.91. The number of rotatable bonds is 3. The summed E-state index contributed by atoms with van der Waals surface area (Å²) in [5.74, 6) is 1.31. The van der Waals surface area contributed by atoms with E-state index < -0.39 is 0 Å². The van der Waals surface area contributed by atoms with Crippen LogP contribution < -0.4 is 4.74 Å². The molecule has 102 valence electrons. The van der Waals surface area contributed by atoms with Crippen LogP contribution in [0.15, 0.2) is 36.4 Å². The molecular formula is C17H16O3. The fraction of sp³-hybridized carbons (Fsp3) is 0.294. The molecular weight excluding hydrogens is 252 g/mol. The molecule has 1 aliphatic carbocycles. The van der Waals surface area contributed by atoms with Crippen molar-refractivity contribution >= 4 is 10.8 Å². The van der Waals surface area contributed by atoms with Crippen molar-refractivity contribution in [2.45, 2.75) is 18.9 Å². The molecule has 2 aliphatic rings. The largest absolute Gasteiger partial charge is 0.507 e. The highest BCUT2D eigenvalue weighted by Crippen LogP contribution is 2.42. The minimum Gasteiger partial charge on any atom is -0.507 e. The first kappa shape index (κ1) is 11.8. The van der Waals surface area contributed by atoms with E-state index in [1.807, 2.05) is 24.3 Å². The Morgan fingerprint density at radius 1 is 1.10 bits per heavy atom. The van der Waals surface area contributed by atoms with Crippen molar-refractivity contribution in [3.63, 3.8) is 0 Å². The van der Waals surface area contributed by atoms with Gasteiger partial charge in [-0.2, -0.15) is 0 Å². The summed E-state index contributed by atoms with van der Waals surface area (Å²) in [5.41, 5.74) is 2.11. The maximum Gasteiger partial charge on any atom is 0.131 e. The third-order valence-corrected chi connectivity index (χ3v) is 3.98. The molecule has 0 bridgehead atoms. The lowest BCUT2D eigenvalue weighted by molar-refractivity contribution is 0.263. The van der Waals surface area contributed by atoms with Gasteiger partial charge in [0.05, 0.1) is 6.61 Å². The molecule has 4 rings (SSSR count). The van der Waals surface area contributed by atoms with Crippen LogP contribution in [0.2, 0.25) is 0 Å². The summed E-state index contributed by atoms with van der Waals surface area (Å²) in [4.78, 5) is 0. The monoisotopic (exact) mass is 268 g/mol. The van der Waals surface area contributed by atoms with E-state index in [4.69, 9.17) is 9.47 Å². The molecule has 1 atom stereocenters. The van der Waals surface area contributed by atoms with Crippen LogP contribution in [0.1, 0.15) is 11.1 Å². The molecule has 1 aliphatic heterocycles. The first-order valence-corrected chi connectivity index (χ1v) is 6.99. The number of phenolic OH excluding ortho intramolecular Hbond substituents is 1. The van der Waals surface area contributed by atoms with Crippen LogP contribution in [0.5, 0.6) is 11.5 Å². The molecule has 3 nitrogen and oxygen atoms in total. The minimum absolute atomic E-state index is 0.234. The Morgan fingerprint density at radius 2 is 1.80 bits per heavy atom. The summed E-state index contributed by atoms with van der Waals surface area (Å²) in [6.07, 6.45) is 6.05. The van der Waals surface area contributed by atoms with E-state index in [1.165, 1.54) is 0 Å². The molecule has 0 radical (unpaired) electrons. The predicted octanol–water partition coefficient (Wildman–Crippen LogP) is 2.98. The first-order chi connectivity index (χ1) is 9.84. The second kappa shape index (κ2) is 4.53. The Morgan fingerprint density at radius 3 is 2.55 bits per heavy atom. The fourth-order valence-corrected chi connectivity index (χ4v) is 2.84. The molecule has 3 heteroatoms. The average Bonchev–Trinajstić information content (AvgIpc) is 3.32. The van der Waals surface area contributed by atoms with Gasteiger partial charge in [0.25, 0.3) is 0 Å². The molecule has 2 aromatic carbocycles. The fourth-order valence-electron chi connectivity index (χ4n) is 2.84. The maximum atomic E-state index is 10.5. The first-order valence-electron chi connectivity index (χ1n) is 6.99. The molecule has 0 spiro atoms. The van der Waals surface area contributed by atoms with E-state index in [-0.39, 0.29) is 6.10 Å². The van der Waals surface area contributed by atoms with Crippen molar-refractivity contribution in [1.82, 2.24) is 0 Å². The number of fused-ring (bicyclic) bond motifs is 2. The number of epoxide rings is 1. The zero-order valence-electron chi connectivity index (χ0n) is 11.1. The Balaban J connectivity index is 1.91. The number of benzene rings is 2. The van der Waals surface area contributed by atoms with Gasteiger partial charge in [0.15, 0.2) is 0 Å². The van der Waals surface area contributed by atoms with Crippen LogP contribution in [-0.2, 0) is 17.6 Å². The number of aromatic hydroxyl groups is 1. The van der Waals surface area contributed by atoms with Gasteiger partial charge in [-0.3, -0.25) is 0 Å². The van der Waals surface area contributed by atoms with Crippen LogP contribution in [0.4, 0.5) is 0 Å². The Bertz CT molecular complexity index is 699. The SMILES string of the molecule is Oc1c2c(c(OCC3CO3)c3ccccc13)CC=CC2. The zero-order chi connectivity index (χ0) is 13.5. The normalized spacial score (nSPS) is 19.9. The minimum atomic E-state index is 0.234. The van der Waals surface area contributed by atoms with Gasteiger partial charge in [0, 0.05) is 21.9 Å². The Kier molecular flexibility index (Phi) is 2.67. The summed E-state index contributed by atoms with van der Waals surface area (Å²) < 4.78 is 11.2. The van der Waals surface area contributed by atoms with Crippen LogP contribution >= 0.6 is 0 Å². The highest BCUT2D eigenvalue weighted by molar-refractivity contribution is 5.96. The highest BCUT2D eigenvalue weighted by Gasteiger charge is 2.26. The van der Waals surface area contributed by atoms with Gasteiger partial charge < -0.3 is 14.6 Å². The van der Waals surface area contributed by atoms with Crippen LogP contribution in [0, 0.1) is 0 Å². The van der Waals surface area contributed by atoms with Gasteiger partial charge in [0.2, 0.25) is 0 Å². The van der Waals surface area contributed by atoms with E-state index in [0.717, 1.165) is 47.1 Å². The van der Waals surface area contributed by atoms with Gasteiger partial charge in [-0.1, -0.05) is 36.4 Å². The van der Waals surface area contributed by atoms with Crippen molar-refractivity contribution < 1.29 is 14.6 Å². The summed E-state index contributed by atoms with van der Waals surface area (Å²) in [5, 5.41) is 12.3. The molecule has 1 N–H and O–H groups in total. The van der Waals surface area contributed by atoms with Crippen molar-refractivity contribution in [3.8, 4) is 11.5 Å². The van der Waals surface area contributed by atoms with Gasteiger partial charge >= 0.3 is 0 Å². The molecule has 1 heterocycles. The molecule has 2 aromatic rings. The van der Waals surface area contributed by atoms with E-state index in [9.17, 15) is 5.11 Å². The third-order valence-electron chi connectivity index (χ3n) is 3.98. The van der Waals surface area contributed by atoms with Crippen LogP contribution in [-0.4, -0.2) is 24.4 Å². The molecule has 20 heavy (non-hydrogen) atoms. The average molecular weight is 268 g/mol. The lowest BCUT2D eigenvalue weighted by Crippen LogP contribution is -2.09. The van der Waals surface area contributed by atoms with Crippen molar-refractivity contribution in [3.05, 3.63) is 47.5 Å². The van der Waals surface area contributed by atoms with Crippen molar-refractivity contribution in [2.75, 3.05) is 13.2 Å². The number of phenols is 1. The molecule has 0 saturated carbocycles. The second-order valence-corrected chi connectivity index (χ2v) is 5.33. The summed E-state index contributed by atoms with van der Waals surface area (Å²) in [6, 6.07) is 7.88. The molecule has 0 aromatic heterocycles. The number of hydrogen-bond donors (Lipinski definition) is 1. The standard InChI is InChI=1S/C17H16O3/c18-16-12-5-1-3-7-14(12)17(20-10-11-9-19-11)15-8-4-2-6-13(15)16/h1-5,7,11,18H,6,8-10H2.